The zero-order valence-corrected chi connectivity index (χ0v) is 8.52. The lowest BCUT2D eigenvalue weighted by atomic mass is 10.1. The van der Waals surface area contributed by atoms with E-state index >= 15 is 0 Å². The number of benzene rings is 1. The maximum Gasteiger partial charge on any atom is 0.339 e. The summed E-state index contributed by atoms with van der Waals surface area (Å²) in [7, 11) is 0. The van der Waals surface area contributed by atoms with Crippen LogP contribution in [0.15, 0.2) is 17.5 Å². The van der Waals surface area contributed by atoms with E-state index in [1.807, 2.05) is 11.4 Å². The lowest BCUT2D eigenvalue weighted by molar-refractivity contribution is 0.0700. The molecular formula is C9H6ClNO2S. The lowest BCUT2D eigenvalue weighted by Crippen LogP contribution is -2.02. The van der Waals surface area contributed by atoms with Crippen molar-refractivity contribution in [1.82, 2.24) is 0 Å². The molecule has 0 aliphatic rings. The number of carboxylic acids is 1. The number of carboxylic acid groups (broad SMARTS) is 1. The summed E-state index contributed by atoms with van der Waals surface area (Å²) in [5.41, 5.74) is 5.84. The number of hydrogen-bond donors (Lipinski definition) is 2. The first-order valence-corrected chi connectivity index (χ1v) is 5.05. The fourth-order valence-electron chi connectivity index (χ4n) is 1.30. The van der Waals surface area contributed by atoms with E-state index in [2.05, 4.69) is 0 Å². The van der Waals surface area contributed by atoms with Gasteiger partial charge in [0, 0.05) is 0 Å². The van der Waals surface area contributed by atoms with Crippen LogP contribution in [0, 0.1) is 0 Å². The van der Waals surface area contributed by atoms with Crippen LogP contribution in [0.2, 0.25) is 5.02 Å². The van der Waals surface area contributed by atoms with Crippen molar-refractivity contribution in [3.05, 3.63) is 28.1 Å². The molecule has 0 radical (unpaired) electrons. The van der Waals surface area contributed by atoms with Crippen molar-refractivity contribution in [3.8, 4) is 0 Å². The molecule has 0 aliphatic heterocycles. The van der Waals surface area contributed by atoms with E-state index in [0.717, 1.165) is 5.39 Å². The minimum absolute atomic E-state index is 0.0995. The Morgan fingerprint density at radius 3 is 2.93 bits per heavy atom. The lowest BCUT2D eigenvalue weighted by Gasteiger charge is -2.04. The normalized spacial score (nSPS) is 10.6. The van der Waals surface area contributed by atoms with Crippen LogP contribution in [0.5, 0.6) is 0 Å². The Morgan fingerprint density at radius 1 is 1.57 bits per heavy atom. The number of halogens is 1. The van der Waals surface area contributed by atoms with Crippen LogP contribution < -0.4 is 5.73 Å². The summed E-state index contributed by atoms with van der Waals surface area (Å²) >= 11 is 7.16. The number of thiophene rings is 1. The molecule has 0 unspecified atom stereocenters. The summed E-state index contributed by atoms with van der Waals surface area (Å²) in [6.07, 6.45) is 0. The Bertz CT molecular complexity index is 521. The predicted octanol–water partition coefficient (Wildman–Crippen LogP) is 2.84. The maximum atomic E-state index is 11.0. The average Bonchev–Trinajstić information content (AvgIpc) is 2.52. The molecule has 5 heteroatoms. The quantitative estimate of drug-likeness (QED) is 0.737. The van der Waals surface area contributed by atoms with Gasteiger partial charge in [-0.25, -0.2) is 4.79 Å². The van der Waals surface area contributed by atoms with Gasteiger partial charge in [-0.1, -0.05) is 11.6 Å². The molecule has 0 amide bonds. The number of hydrogen-bond acceptors (Lipinski definition) is 3. The number of anilines is 1. The first-order chi connectivity index (χ1) is 6.61. The number of rotatable bonds is 1. The molecule has 0 atom stereocenters. The molecule has 0 saturated heterocycles. The number of carbonyl (C=O) groups is 1. The highest BCUT2D eigenvalue weighted by Gasteiger charge is 2.16. The highest BCUT2D eigenvalue weighted by molar-refractivity contribution is 7.17. The first-order valence-electron chi connectivity index (χ1n) is 3.79. The van der Waals surface area contributed by atoms with E-state index in [-0.39, 0.29) is 16.3 Å². The van der Waals surface area contributed by atoms with Gasteiger partial charge in [0.05, 0.1) is 15.4 Å². The van der Waals surface area contributed by atoms with Crippen molar-refractivity contribution in [2.24, 2.45) is 0 Å². The van der Waals surface area contributed by atoms with E-state index in [9.17, 15) is 4.79 Å². The predicted molar refractivity (Wildman–Crippen MR) is 58.2 cm³/mol. The number of nitrogen functional groups attached to an aromatic ring is 1. The zero-order valence-electron chi connectivity index (χ0n) is 6.95. The number of fused-ring (bicyclic) bond motifs is 1. The smallest absolute Gasteiger partial charge is 0.339 e. The fraction of sp³-hybridized carbons (Fsp3) is 0. The van der Waals surface area contributed by atoms with E-state index in [0.29, 0.717) is 4.70 Å². The van der Waals surface area contributed by atoms with Gasteiger partial charge in [0.25, 0.3) is 0 Å². The molecule has 3 N–H and O–H groups in total. The Balaban J connectivity index is 2.93. The molecule has 1 heterocycles. The van der Waals surface area contributed by atoms with E-state index in [1.165, 1.54) is 11.3 Å². The van der Waals surface area contributed by atoms with Crippen molar-refractivity contribution < 1.29 is 9.90 Å². The van der Waals surface area contributed by atoms with Gasteiger partial charge in [-0.05, 0) is 22.9 Å². The van der Waals surface area contributed by atoms with Crippen molar-refractivity contribution >= 4 is 44.7 Å². The summed E-state index contributed by atoms with van der Waals surface area (Å²) in [6, 6.07) is 3.49. The summed E-state index contributed by atoms with van der Waals surface area (Å²) in [4.78, 5) is 11.0. The molecule has 14 heavy (non-hydrogen) atoms. The standard InChI is InChI=1S/C9H6ClNO2S/c10-5-3-4-1-2-14-8(4)6(7(5)11)9(12)13/h1-3H,11H2,(H,12,13). The van der Waals surface area contributed by atoms with Crippen molar-refractivity contribution in [3.63, 3.8) is 0 Å². The molecule has 1 aromatic heterocycles. The first kappa shape index (κ1) is 9.30. The molecule has 0 fully saturated rings. The summed E-state index contributed by atoms with van der Waals surface area (Å²) in [6.45, 7) is 0. The highest BCUT2D eigenvalue weighted by atomic mass is 35.5. The monoisotopic (exact) mass is 227 g/mol. The van der Waals surface area contributed by atoms with Crippen molar-refractivity contribution in [2.45, 2.75) is 0 Å². The SMILES string of the molecule is Nc1c(Cl)cc2ccsc2c1C(=O)O. The van der Waals surface area contributed by atoms with Crippen LogP contribution in [-0.2, 0) is 0 Å². The van der Waals surface area contributed by atoms with Gasteiger partial charge in [0.2, 0.25) is 0 Å². The second-order valence-corrected chi connectivity index (χ2v) is 4.11. The Hall–Kier alpha value is -1.26. The summed E-state index contributed by atoms with van der Waals surface area (Å²) < 4.78 is 0.666. The van der Waals surface area contributed by atoms with E-state index in [1.54, 1.807) is 6.07 Å². The van der Waals surface area contributed by atoms with E-state index < -0.39 is 5.97 Å². The van der Waals surface area contributed by atoms with Crippen molar-refractivity contribution in [2.75, 3.05) is 5.73 Å². The third-order valence-electron chi connectivity index (χ3n) is 1.95. The van der Waals surface area contributed by atoms with Gasteiger partial charge >= 0.3 is 5.97 Å². The third-order valence-corrected chi connectivity index (χ3v) is 3.21. The molecule has 2 aromatic rings. The van der Waals surface area contributed by atoms with Crippen LogP contribution in [0.3, 0.4) is 0 Å². The molecule has 72 valence electrons. The Morgan fingerprint density at radius 2 is 2.29 bits per heavy atom. The van der Waals surface area contributed by atoms with Gasteiger partial charge in [0.15, 0.2) is 0 Å². The van der Waals surface area contributed by atoms with Crippen molar-refractivity contribution in [1.29, 1.82) is 0 Å². The van der Waals surface area contributed by atoms with Crippen LogP contribution in [-0.4, -0.2) is 11.1 Å². The molecule has 3 nitrogen and oxygen atoms in total. The highest BCUT2D eigenvalue weighted by Crippen LogP contribution is 2.34. The van der Waals surface area contributed by atoms with Gasteiger partial charge in [-0.2, -0.15) is 0 Å². The molecule has 0 spiro atoms. The zero-order chi connectivity index (χ0) is 10.3. The maximum absolute atomic E-state index is 11.0. The minimum Gasteiger partial charge on any atom is -0.478 e. The average molecular weight is 228 g/mol. The van der Waals surface area contributed by atoms with Crippen LogP contribution in [0.4, 0.5) is 5.69 Å². The van der Waals surface area contributed by atoms with Crippen LogP contribution in [0.1, 0.15) is 10.4 Å². The van der Waals surface area contributed by atoms with Crippen LogP contribution in [0.25, 0.3) is 10.1 Å². The van der Waals surface area contributed by atoms with Gasteiger partial charge in [0.1, 0.15) is 5.56 Å². The van der Waals surface area contributed by atoms with Gasteiger partial charge in [-0.15, -0.1) is 11.3 Å². The molecule has 0 bridgehead atoms. The molecule has 2 rings (SSSR count). The minimum atomic E-state index is -1.04. The summed E-state index contributed by atoms with van der Waals surface area (Å²) in [5.74, 6) is -1.04. The van der Waals surface area contributed by atoms with Crippen LogP contribution >= 0.6 is 22.9 Å². The summed E-state index contributed by atoms with van der Waals surface area (Å²) in [5, 5.41) is 11.9. The molecule has 1 aromatic carbocycles. The topological polar surface area (TPSA) is 63.3 Å². The Labute approximate surface area is 88.7 Å². The van der Waals surface area contributed by atoms with E-state index in [4.69, 9.17) is 22.4 Å². The molecule has 0 saturated carbocycles. The number of aromatic carboxylic acids is 1. The number of nitrogens with two attached hydrogens (primary N) is 1. The fourth-order valence-corrected chi connectivity index (χ4v) is 2.45. The Kier molecular flexibility index (Phi) is 2.09. The largest absolute Gasteiger partial charge is 0.478 e. The molecule has 0 aliphatic carbocycles. The second kappa shape index (κ2) is 3.15. The third kappa shape index (κ3) is 1.23. The molecular weight excluding hydrogens is 222 g/mol. The van der Waals surface area contributed by atoms with Gasteiger partial charge < -0.3 is 10.8 Å². The van der Waals surface area contributed by atoms with Gasteiger partial charge in [-0.3, -0.25) is 0 Å². The second-order valence-electron chi connectivity index (χ2n) is 2.79.